The van der Waals surface area contributed by atoms with E-state index >= 15 is 0 Å². The molecule has 1 aromatic carbocycles. The zero-order valence-corrected chi connectivity index (χ0v) is 15.8. The van der Waals surface area contributed by atoms with Crippen molar-refractivity contribution < 1.29 is 0 Å². The number of thioether (sulfide) groups is 1. The van der Waals surface area contributed by atoms with Gasteiger partial charge >= 0.3 is 0 Å². The van der Waals surface area contributed by atoms with Crippen LogP contribution >= 0.6 is 11.8 Å². The summed E-state index contributed by atoms with van der Waals surface area (Å²) in [6.45, 7) is 4.55. The molecule has 0 spiro atoms. The lowest BCUT2D eigenvalue weighted by atomic mass is 9.78. The fraction of sp³-hybridized carbons (Fsp3) is 0.550. The Morgan fingerprint density at radius 1 is 1.32 bits per heavy atom. The maximum atomic E-state index is 13.2. The number of hydrogen-bond donors (Lipinski definition) is 0. The molecule has 132 valence electrons. The van der Waals surface area contributed by atoms with E-state index < -0.39 is 0 Å². The van der Waals surface area contributed by atoms with Crippen LogP contribution in [0.2, 0.25) is 0 Å². The fourth-order valence-corrected chi connectivity index (χ4v) is 4.74. The van der Waals surface area contributed by atoms with E-state index in [9.17, 15) is 4.79 Å². The minimum absolute atomic E-state index is 0.0827. The van der Waals surface area contributed by atoms with Crippen molar-refractivity contribution >= 4 is 22.7 Å². The lowest BCUT2D eigenvalue weighted by Crippen LogP contribution is -2.35. The van der Waals surface area contributed by atoms with Gasteiger partial charge in [0.05, 0.1) is 17.0 Å². The first-order valence-corrected chi connectivity index (χ1v) is 10.1. The average molecular weight is 356 g/mol. The van der Waals surface area contributed by atoms with Crippen LogP contribution in [0.3, 0.4) is 0 Å². The minimum Gasteiger partial charge on any atom is -0.284 e. The largest absolute Gasteiger partial charge is 0.284 e. The molecule has 3 rings (SSSR count). The molecule has 1 fully saturated rings. The van der Waals surface area contributed by atoms with Gasteiger partial charge in [0.2, 0.25) is 0 Å². The van der Waals surface area contributed by atoms with Gasteiger partial charge in [-0.2, -0.15) is 5.26 Å². The Morgan fingerprint density at radius 3 is 2.92 bits per heavy atom. The quantitative estimate of drug-likeness (QED) is 0.439. The molecule has 0 aliphatic heterocycles. The molecular formula is C20H25N3OS. The zero-order chi connectivity index (χ0) is 17.8. The summed E-state index contributed by atoms with van der Waals surface area (Å²) in [5, 5.41) is 10.3. The summed E-state index contributed by atoms with van der Waals surface area (Å²) in [5.41, 5.74) is 0.849. The smallest absolute Gasteiger partial charge is 0.262 e. The van der Waals surface area contributed by atoms with Gasteiger partial charge in [-0.15, -0.1) is 0 Å². The minimum atomic E-state index is 0.0827. The zero-order valence-electron chi connectivity index (χ0n) is 14.9. The average Bonchev–Trinajstić information content (AvgIpc) is 2.62. The Morgan fingerprint density at radius 2 is 2.12 bits per heavy atom. The van der Waals surface area contributed by atoms with Gasteiger partial charge in [-0.3, -0.25) is 9.36 Å². The molecule has 0 radical (unpaired) electrons. The maximum Gasteiger partial charge on any atom is 0.262 e. The molecule has 5 heteroatoms. The van der Waals surface area contributed by atoms with Crippen molar-refractivity contribution in [1.29, 1.82) is 5.26 Å². The highest BCUT2D eigenvalue weighted by molar-refractivity contribution is 7.99. The Kier molecular flexibility index (Phi) is 5.80. The number of rotatable bonds is 5. The predicted molar refractivity (Wildman–Crippen MR) is 103 cm³/mol. The molecule has 0 saturated heterocycles. The molecule has 4 nitrogen and oxygen atoms in total. The van der Waals surface area contributed by atoms with Gasteiger partial charge in [0.1, 0.15) is 0 Å². The van der Waals surface area contributed by atoms with Crippen LogP contribution in [0.4, 0.5) is 0 Å². The molecule has 1 aromatic heterocycles. The van der Waals surface area contributed by atoms with Crippen molar-refractivity contribution in [3.05, 3.63) is 34.6 Å². The van der Waals surface area contributed by atoms with E-state index in [1.807, 2.05) is 28.8 Å². The molecule has 0 unspecified atom stereocenters. The summed E-state index contributed by atoms with van der Waals surface area (Å²) >= 11 is 1.61. The number of nitrogens with zero attached hydrogens (tertiary/aromatic N) is 3. The lowest BCUT2D eigenvalue weighted by molar-refractivity contribution is 0.173. The second kappa shape index (κ2) is 8.05. The van der Waals surface area contributed by atoms with E-state index in [1.54, 1.807) is 11.8 Å². The van der Waals surface area contributed by atoms with Gasteiger partial charge in [-0.1, -0.05) is 50.6 Å². The number of benzene rings is 1. The van der Waals surface area contributed by atoms with Gasteiger partial charge in [0.25, 0.3) is 5.56 Å². The van der Waals surface area contributed by atoms with E-state index in [1.165, 1.54) is 6.42 Å². The van der Waals surface area contributed by atoms with Crippen molar-refractivity contribution in [2.75, 3.05) is 5.75 Å². The molecule has 0 amide bonds. The third-order valence-electron chi connectivity index (χ3n) is 5.44. The summed E-state index contributed by atoms with van der Waals surface area (Å²) in [6.07, 6.45) is 4.80. The molecule has 1 aliphatic rings. The summed E-state index contributed by atoms with van der Waals surface area (Å²) in [7, 11) is 0. The third-order valence-corrected chi connectivity index (χ3v) is 6.47. The van der Waals surface area contributed by atoms with Crippen molar-refractivity contribution in [3.8, 4) is 6.07 Å². The van der Waals surface area contributed by atoms with E-state index in [0.717, 1.165) is 35.7 Å². The number of nitriles is 1. The highest BCUT2D eigenvalue weighted by atomic mass is 32.2. The predicted octanol–water partition coefficient (Wildman–Crippen LogP) is 4.79. The molecular weight excluding hydrogens is 330 g/mol. The van der Waals surface area contributed by atoms with Crippen LogP contribution in [0.25, 0.3) is 10.9 Å². The first kappa shape index (κ1) is 18.0. The van der Waals surface area contributed by atoms with Crippen LogP contribution in [0, 0.1) is 23.2 Å². The Labute approximate surface area is 153 Å². The van der Waals surface area contributed by atoms with E-state index in [0.29, 0.717) is 23.6 Å². The lowest BCUT2D eigenvalue weighted by Gasteiger charge is -2.36. The summed E-state index contributed by atoms with van der Waals surface area (Å²) in [4.78, 5) is 18.1. The van der Waals surface area contributed by atoms with Gasteiger partial charge in [-0.05, 0) is 36.8 Å². The van der Waals surface area contributed by atoms with E-state index in [-0.39, 0.29) is 11.6 Å². The monoisotopic (exact) mass is 355 g/mol. The van der Waals surface area contributed by atoms with Crippen molar-refractivity contribution in [2.24, 2.45) is 11.8 Å². The second-order valence-corrected chi connectivity index (χ2v) is 8.09. The molecule has 1 saturated carbocycles. The Hall–Kier alpha value is -1.80. The standard InChI is InChI=1S/C20H25N3OS/c1-14-8-7-11-18(15(14)2)23-19(24)16-9-3-4-10-17(16)22-20(23)25-13-6-5-12-21/h3-4,9-10,14-15,18H,5-8,11,13H2,1-2H3/t14-,15-,18-/m1/s1. The number of fused-ring (bicyclic) bond motifs is 1. The molecule has 3 atom stereocenters. The number of para-hydroxylation sites is 1. The van der Waals surface area contributed by atoms with Crippen LogP contribution in [0.1, 0.15) is 52.0 Å². The normalized spacial score (nSPS) is 23.5. The molecule has 0 N–H and O–H groups in total. The van der Waals surface area contributed by atoms with Crippen molar-refractivity contribution in [2.45, 2.75) is 57.1 Å². The van der Waals surface area contributed by atoms with Crippen LogP contribution in [-0.4, -0.2) is 15.3 Å². The van der Waals surface area contributed by atoms with Crippen LogP contribution in [-0.2, 0) is 0 Å². The fourth-order valence-electron chi connectivity index (χ4n) is 3.75. The van der Waals surface area contributed by atoms with Gasteiger partial charge in [0, 0.05) is 18.2 Å². The molecule has 1 heterocycles. The molecule has 0 bridgehead atoms. The highest BCUT2D eigenvalue weighted by Gasteiger charge is 2.31. The Balaban J connectivity index is 2.05. The van der Waals surface area contributed by atoms with Crippen LogP contribution in [0.15, 0.2) is 34.2 Å². The Bertz CT molecular complexity index is 839. The van der Waals surface area contributed by atoms with Gasteiger partial charge in [-0.25, -0.2) is 4.98 Å². The van der Waals surface area contributed by atoms with Gasteiger partial charge in [0.15, 0.2) is 5.16 Å². The molecule has 25 heavy (non-hydrogen) atoms. The maximum absolute atomic E-state index is 13.2. The highest BCUT2D eigenvalue weighted by Crippen LogP contribution is 2.38. The van der Waals surface area contributed by atoms with Crippen LogP contribution in [0.5, 0.6) is 0 Å². The topological polar surface area (TPSA) is 58.7 Å². The van der Waals surface area contributed by atoms with E-state index in [4.69, 9.17) is 10.2 Å². The summed E-state index contributed by atoms with van der Waals surface area (Å²) in [6, 6.07) is 10.0. The summed E-state index contributed by atoms with van der Waals surface area (Å²) < 4.78 is 1.96. The van der Waals surface area contributed by atoms with Crippen LogP contribution < -0.4 is 5.56 Å². The van der Waals surface area contributed by atoms with Gasteiger partial charge < -0.3 is 0 Å². The third kappa shape index (κ3) is 3.74. The number of hydrogen-bond acceptors (Lipinski definition) is 4. The number of unbranched alkanes of at least 4 members (excludes halogenated alkanes) is 1. The van der Waals surface area contributed by atoms with Crippen molar-refractivity contribution in [3.63, 3.8) is 0 Å². The second-order valence-electron chi connectivity index (χ2n) is 7.03. The molecule has 2 aromatic rings. The van der Waals surface area contributed by atoms with E-state index in [2.05, 4.69) is 19.9 Å². The first-order valence-electron chi connectivity index (χ1n) is 9.14. The number of aromatic nitrogens is 2. The SMILES string of the molecule is C[C@@H]1[C@H](C)CCC[C@H]1n1c(SCCCC#N)nc2ccccc2c1=O. The molecule has 1 aliphatic carbocycles. The summed E-state index contributed by atoms with van der Waals surface area (Å²) in [5.74, 6) is 1.90. The van der Waals surface area contributed by atoms with Crippen molar-refractivity contribution in [1.82, 2.24) is 9.55 Å². The first-order chi connectivity index (χ1) is 12.1.